The molecular formula is C15H16FN5OS. The quantitative estimate of drug-likeness (QED) is 0.778. The van der Waals surface area contributed by atoms with Gasteiger partial charge in [0.05, 0.1) is 0 Å². The molecule has 0 spiro atoms. The van der Waals surface area contributed by atoms with E-state index in [2.05, 4.69) is 20.6 Å². The molecule has 0 aliphatic rings. The number of benzene rings is 1. The molecule has 0 aliphatic heterocycles. The Labute approximate surface area is 136 Å². The highest BCUT2D eigenvalue weighted by Crippen LogP contribution is 2.18. The summed E-state index contributed by atoms with van der Waals surface area (Å²) in [6.07, 6.45) is 0.430. The molecule has 3 rings (SSSR count). The largest absolute Gasteiger partial charge is 0.350 e. The zero-order chi connectivity index (χ0) is 16.4. The third kappa shape index (κ3) is 3.21. The van der Waals surface area contributed by atoms with Crippen molar-refractivity contribution < 1.29 is 9.18 Å². The topological polar surface area (TPSA) is 72.2 Å². The average molecular weight is 333 g/mol. The molecule has 8 heteroatoms. The second-order valence-corrected chi connectivity index (χ2v) is 6.37. The summed E-state index contributed by atoms with van der Waals surface area (Å²) in [5.74, 6) is 0.347. The maximum absolute atomic E-state index is 13.5. The molecule has 1 amide bonds. The molecule has 0 bridgehead atoms. The summed E-state index contributed by atoms with van der Waals surface area (Å²) in [4.78, 5) is 12.7. The van der Waals surface area contributed by atoms with Gasteiger partial charge >= 0.3 is 0 Å². The van der Waals surface area contributed by atoms with E-state index in [9.17, 15) is 9.18 Å². The first kappa shape index (κ1) is 15.5. The van der Waals surface area contributed by atoms with Gasteiger partial charge in [-0.3, -0.25) is 4.79 Å². The van der Waals surface area contributed by atoms with Gasteiger partial charge in [-0.15, -0.1) is 15.3 Å². The van der Waals surface area contributed by atoms with Crippen LogP contribution in [0.2, 0.25) is 0 Å². The van der Waals surface area contributed by atoms with E-state index < -0.39 is 0 Å². The van der Waals surface area contributed by atoms with Crippen molar-refractivity contribution in [1.82, 2.24) is 25.1 Å². The number of nitrogens with one attached hydrogen (secondary N) is 1. The molecule has 0 fully saturated rings. The molecule has 2 heterocycles. The van der Waals surface area contributed by atoms with Crippen LogP contribution in [0.15, 0.2) is 24.3 Å². The lowest BCUT2D eigenvalue weighted by atomic mass is 10.1. The van der Waals surface area contributed by atoms with Crippen molar-refractivity contribution in [2.75, 3.05) is 6.54 Å². The molecule has 1 N–H and O–H groups in total. The second kappa shape index (κ2) is 6.41. The van der Waals surface area contributed by atoms with E-state index in [0.717, 1.165) is 5.82 Å². The van der Waals surface area contributed by atoms with Gasteiger partial charge in [-0.25, -0.2) is 4.39 Å². The molecule has 0 saturated carbocycles. The first-order chi connectivity index (χ1) is 11.1. The standard InChI is InChI=1S/C15H16FN5OS/c1-9(2)12-18-19-15-21(12)20-14(23-15)13(22)17-8-7-10-5-3-4-6-11(10)16/h3-6,9H,7-8H2,1-2H3,(H,17,22). The van der Waals surface area contributed by atoms with E-state index in [1.807, 2.05) is 13.8 Å². The number of nitrogens with zero attached hydrogens (tertiary/aromatic N) is 4. The van der Waals surface area contributed by atoms with Crippen LogP contribution in [0, 0.1) is 5.82 Å². The highest BCUT2D eigenvalue weighted by atomic mass is 32.1. The van der Waals surface area contributed by atoms with Gasteiger partial charge in [0.1, 0.15) is 5.82 Å². The zero-order valence-corrected chi connectivity index (χ0v) is 13.6. The van der Waals surface area contributed by atoms with Gasteiger partial charge in [0.15, 0.2) is 5.82 Å². The summed E-state index contributed by atoms with van der Waals surface area (Å²) >= 11 is 1.19. The van der Waals surface area contributed by atoms with Gasteiger partial charge in [-0.05, 0) is 18.1 Å². The summed E-state index contributed by atoms with van der Waals surface area (Å²) in [6.45, 7) is 4.32. The number of rotatable bonds is 5. The number of carbonyl (C=O) groups excluding carboxylic acids is 1. The molecule has 0 unspecified atom stereocenters. The van der Waals surface area contributed by atoms with Crippen molar-refractivity contribution in [3.8, 4) is 0 Å². The summed E-state index contributed by atoms with van der Waals surface area (Å²) in [5, 5.41) is 15.4. The Bertz CT molecular complexity index is 841. The van der Waals surface area contributed by atoms with Crippen LogP contribution in [0.1, 0.15) is 41.0 Å². The summed E-state index contributed by atoms with van der Waals surface area (Å²) in [6, 6.07) is 6.53. The lowest BCUT2D eigenvalue weighted by Crippen LogP contribution is -2.26. The Balaban J connectivity index is 1.65. The fourth-order valence-corrected chi connectivity index (χ4v) is 2.93. The maximum atomic E-state index is 13.5. The Morgan fingerprint density at radius 3 is 2.87 bits per heavy atom. The fraction of sp³-hybridized carbons (Fsp3) is 0.333. The summed E-state index contributed by atoms with van der Waals surface area (Å²) < 4.78 is 15.1. The number of carbonyl (C=O) groups is 1. The Hall–Kier alpha value is -2.35. The predicted molar refractivity (Wildman–Crippen MR) is 85.2 cm³/mol. The van der Waals surface area contributed by atoms with Gasteiger partial charge < -0.3 is 5.32 Å². The van der Waals surface area contributed by atoms with Crippen molar-refractivity contribution in [2.45, 2.75) is 26.2 Å². The number of aromatic nitrogens is 4. The van der Waals surface area contributed by atoms with Crippen LogP contribution in [-0.4, -0.2) is 32.3 Å². The molecular weight excluding hydrogens is 317 g/mol. The molecule has 0 saturated heterocycles. The normalized spacial score (nSPS) is 11.3. The number of hydrogen-bond donors (Lipinski definition) is 1. The second-order valence-electron chi connectivity index (χ2n) is 5.41. The molecule has 120 valence electrons. The van der Waals surface area contributed by atoms with Crippen LogP contribution in [0.5, 0.6) is 0 Å². The monoisotopic (exact) mass is 333 g/mol. The van der Waals surface area contributed by atoms with Gasteiger partial charge in [-0.1, -0.05) is 43.4 Å². The predicted octanol–water partition coefficient (Wildman–Crippen LogP) is 2.42. The number of fused-ring (bicyclic) bond motifs is 1. The number of halogens is 1. The van der Waals surface area contributed by atoms with Crippen LogP contribution >= 0.6 is 11.3 Å². The zero-order valence-electron chi connectivity index (χ0n) is 12.8. The molecule has 2 aromatic heterocycles. The van der Waals surface area contributed by atoms with Crippen molar-refractivity contribution in [3.05, 3.63) is 46.5 Å². The van der Waals surface area contributed by atoms with E-state index in [4.69, 9.17) is 0 Å². The third-order valence-electron chi connectivity index (χ3n) is 3.36. The minimum atomic E-state index is -0.286. The van der Waals surface area contributed by atoms with Crippen LogP contribution in [0.25, 0.3) is 4.96 Å². The minimum Gasteiger partial charge on any atom is -0.350 e. The maximum Gasteiger partial charge on any atom is 0.282 e. The van der Waals surface area contributed by atoms with Crippen molar-refractivity contribution in [1.29, 1.82) is 0 Å². The lowest BCUT2D eigenvalue weighted by molar-refractivity contribution is 0.0952. The van der Waals surface area contributed by atoms with E-state index in [-0.39, 0.29) is 17.6 Å². The van der Waals surface area contributed by atoms with E-state index in [1.54, 1.807) is 22.7 Å². The molecule has 0 radical (unpaired) electrons. The first-order valence-corrected chi connectivity index (χ1v) is 8.11. The molecule has 0 atom stereocenters. The van der Waals surface area contributed by atoms with Crippen LogP contribution in [-0.2, 0) is 6.42 Å². The molecule has 3 aromatic rings. The van der Waals surface area contributed by atoms with Gasteiger partial charge in [0.25, 0.3) is 5.91 Å². The molecule has 0 aliphatic carbocycles. The molecule has 1 aromatic carbocycles. The fourth-order valence-electron chi connectivity index (χ4n) is 2.17. The highest BCUT2D eigenvalue weighted by Gasteiger charge is 2.18. The van der Waals surface area contributed by atoms with E-state index >= 15 is 0 Å². The minimum absolute atomic E-state index is 0.170. The Kier molecular flexibility index (Phi) is 4.33. The van der Waals surface area contributed by atoms with E-state index in [1.165, 1.54) is 17.4 Å². The van der Waals surface area contributed by atoms with Crippen LogP contribution in [0.3, 0.4) is 0 Å². The van der Waals surface area contributed by atoms with Crippen molar-refractivity contribution >= 4 is 22.2 Å². The highest BCUT2D eigenvalue weighted by molar-refractivity contribution is 7.18. The first-order valence-electron chi connectivity index (χ1n) is 7.30. The summed E-state index contributed by atoms with van der Waals surface area (Å²) in [5.41, 5.74) is 0.577. The lowest BCUT2D eigenvalue weighted by Gasteiger charge is -2.04. The van der Waals surface area contributed by atoms with Crippen LogP contribution in [0.4, 0.5) is 4.39 Å². The number of hydrogen-bond acceptors (Lipinski definition) is 5. The smallest absolute Gasteiger partial charge is 0.282 e. The van der Waals surface area contributed by atoms with Crippen molar-refractivity contribution in [2.24, 2.45) is 0 Å². The third-order valence-corrected chi connectivity index (χ3v) is 4.26. The van der Waals surface area contributed by atoms with Crippen molar-refractivity contribution in [3.63, 3.8) is 0 Å². The van der Waals surface area contributed by atoms with Crippen LogP contribution < -0.4 is 5.32 Å². The van der Waals surface area contributed by atoms with Gasteiger partial charge in [-0.2, -0.15) is 4.52 Å². The Morgan fingerprint density at radius 2 is 2.13 bits per heavy atom. The van der Waals surface area contributed by atoms with Gasteiger partial charge in [0.2, 0.25) is 9.97 Å². The molecule has 23 heavy (non-hydrogen) atoms. The SMILES string of the molecule is CC(C)c1nnc2sc(C(=O)NCCc3ccccc3F)nn12. The molecule has 6 nitrogen and oxygen atoms in total. The summed E-state index contributed by atoms with van der Waals surface area (Å²) in [7, 11) is 0. The average Bonchev–Trinajstić information content (AvgIpc) is 3.08. The number of amides is 1. The van der Waals surface area contributed by atoms with Gasteiger partial charge in [0, 0.05) is 12.5 Å². The Morgan fingerprint density at radius 1 is 1.35 bits per heavy atom. The van der Waals surface area contributed by atoms with E-state index in [0.29, 0.717) is 28.5 Å².